The highest BCUT2D eigenvalue weighted by Crippen LogP contribution is 2.19. The number of carboxylic acid groups (broad SMARTS) is 1. The lowest BCUT2D eigenvalue weighted by molar-refractivity contribution is -0.145. The molecule has 2 amide bonds. The fraction of sp³-hybridized carbons (Fsp3) is 0.500. The molecule has 2 rings (SSSR count). The van der Waals surface area contributed by atoms with Gasteiger partial charge in [0, 0.05) is 31.6 Å². The van der Waals surface area contributed by atoms with Gasteiger partial charge < -0.3 is 14.9 Å². The Morgan fingerprint density at radius 2 is 1.96 bits per heavy atom. The molecule has 1 fully saturated rings. The van der Waals surface area contributed by atoms with Gasteiger partial charge in [-0.25, -0.2) is 8.78 Å². The van der Waals surface area contributed by atoms with Crippen LogP contribution < -0.4 is 0 Å². The van der Waals surface area contributed by atoms with Gasteiger partial charge in [-0.1, -0.05) is 0 Å². The Morgan fingerprint density at radius 1 is 1.23 bits per heavy atom. The van der Waals surface area contributed by atoms with Crippen LogP contribution in [-0.2, 0) is 20.8 Å². The number of hydrogen-bond acceptors (Lipinski definition) is 3. The maximum Gasteiger partial charge on any atom is 0.323 e. The molecule has 1 aromatic rings. The first-order chi connectivity index (χ1) is 12.3. The molecule has 8 heteroatoms. The summed E-state index contributed by atoms with van der Waals surface area (Å²) >= 11 is 0. The summed E-state index contributed by atoms with van der Waals surface area (Å²) in [5.41, 5.74) is 0.00652. The zero-order valence-electron chi connectivity index (χ0n) is 14.6. The molecule has 1 unspecified atom stereocenters. The zero-order chi connectivity index (χ0) is 19.3. The summed E-state index contributed by atoms with van der Waals surface area (Å²) in [5.74, 6) is -2.95. The van der Waals surface area contributed by atoms with E-state index in [2.05, 4.69) is 0 Å². The molecule has 1 aliphatic heterocycles. The molecule has 0 spiro atoms. The molecule has 0 bridgehead atoms. The Labute approximate surface area is 150 Å². The van der Waals surface area contributed by atoms with Gasteiger partial charge in [-0.2, -0.15) is 0 Å². The highest BCUT2D eigenvalue weighted by molar-refractivity contribution is 5.80. The zero-order valence-corrected chi connectivity index (χ0v) is 14.6. The Hall–Kier alpha value is -2.51. The second-order valence-electron chi connectivity index (χ2n) is 6.42. The molecule has 1 N–H and O–H groups in total. The number of benzene rings is 1. The van der Waals surface area contributed by atoms with Crippen molar-refractivity contribution in [3.63, 3.8) is 0 Å². The second-order valence-corrected chi connectivity index (χ2v) is 6.42. The number of aliphatic carboxylic acids is 1. The number of rotatable bonds is 5. The molecule has 1 atom stereocenters. The first-order valence-electron chi connectivity index (χ1n) is 8.48. The van der Waals surface area contributed by atoms with Crippen LogP contribution in [0.15, 0.2) is 18.2 Å². The first-order valence-corrected chi connectivity index (χ1v) is 8.48. The van der Waals surface area contributed by atoms with E-state index in [-0.39, 0.29) is 36.4 Å². The molecule has 1 aromatic carbocycles. The van der Waals surface area contributed by atoms with Crippen molar-refractivity contribution in [2.75, 3.05) is 19.6 Å². The smallest absolute Gasteiger partial charge is 0.323 e. The number of nitrogens with zero attached hydrogens (tertiary/aromatic N) is 2. The van der Waals surface area contributed by atoms with Crippen LogP contribution in [0.4, 0.5) is 8.78 Å². The van der Waals surface area contributed by atoms with E-state index in [0.717, 1.165) is 18.2 Å². The number of carbonyl (C=O) groups excluding carboxylic acids is 2. The summed E-state index contributed by atoms with van der Waals surface area (Å²) in [5, 5.41) is 8.96. The van der Waals surface area contributed by atoms with Crippen molar-refractivity contribution in [1.82, 2.24) is 9.80 Å². The predicted molar refractivity (Wildman–Crippen MR) is 89.3 cm³/mol. The number of amides is 2. The standard InChI is InChI=1S/C18H22F2N2O4/c1-12(23)22(11-18(25)26)15-3-2-7-21(8-6-15)17(24)10-13-9-14(19)4-5-16(13)20/h4-5,9,15H,2-3,6-8,10-11H2,1H3,(H,25,26). The van der Waals surface area contributed by atoms with Crippen molar-refractivity contribution in [2.45, 2.75) is 38.6 Å². The third kappa shape index (κ3) is 5.24. The van der Waals surface area contributed by atoms with Crippen molar-refractivity contribution in [3.05, 3.63) is 35.4 Å². The molecule has 1 aliphatic rings. The topological polar surface area (TPSA) is 77.9 Å². The van der Waals surface area contributed by atoms with Gasteiger partial charge in [-0.15, -0.1) is 0 Å². The highest BCUT2D eigenvalue weighted by atomic mass is 19.1. The SMILES string of the molecule is CC(=O)N(CC(=O)O)C1CCCN(C(=O)Cc2cc(F)ccc2F)CC1. The third-order valence-corrected chi connectivity index (χ3v) is 4.55. The monoisotopic (exact) mass is 368 g/mol. The summed E-state index contributed by atoms with van der Waals surface area (Å²) in [6.45, 7) is 1.72. The number of carbonyl (C=O) groups is 3. The summed E-state index contributed by atoms with van der Waals surface area (Å²) in [6, 6.07) is 2.75. The van der Waals surface area contributed by atoms with Crippen LogP contribution >= 0.6 is 0 Å². The van der Waals surface area contributed by atoms with E-state index >= 15 is 0 Å². The fourth-order valence-corrected chi connectivity index (χ4v) is 3.24. The Kier molecular flexibility index (Phi) is 6.65. The van der Waals surface area contributed by atoms with Gasteiger partial charge >= 0.3 is 5.97 Å². The molecule has 0 aliphatic carbocycles. The van der Waals surface area contributed by atoms with Crippen LogP contribution in [0.1, 0.15) is 31.7 Å². The van der Waals surface area contributed by atoms with Crippen molar-refractivity contribution >= 4 is 17.8 Å². The van der Waals surface area contributed by atoms with Crippen LogP contribution in [0.2, 0.25) is 0 Å². The minimum atomic E-state index is -1.08. The number of halogens is 2. The maximum atomic E-state index is 13.7. The molecule has 26 heavy (non-hydrogen) atoms. The third-order valence-electron chi connectivity index (χ3n) is 4.55. The lowest BCUT2D eigenvalue weighted by Crippen LogP contribution is -2.43. The molecular weight excluding hydrogens is 346 g/mol. The molecule has 1 saturated heterocycles. The van der Waals surface area contributed by atoms with Crippen LogP contribution in [0.3, 0.4) is 0 Å². The molecule has 0 aromatic heterocycles. The highest BCUT2D eigenvalue weighted by Gasteiger charge is 2.27. The summed E-state index contributed by atoms with van der Waals surface area (Å²) in [6.07, 6.45) is 1.40. The lowest BCUT2D eigenvalue weighted by Gasteiger charge is -2.28. The van der Waals surface area contributed by atoms with E-state index in [1.807, 2.05) is 0 Å². The van der Waals surface area contributed by atoms with E-state index in [1.165, 1.54) is 11.8 Å². The maximum absolute atomic E-state index is 13.7. The van der Waals surface area contributed by atoms with E-state index in [4.69, 9.17) is 5.11 Å². The van der Waals surface area contributed by atoms with Crippen molar-refractivity contribution < 1.29 is 28.3 Å². The molecule has 0 radical (unpaired) electrons. The summed E-state index contributed by atoms with van der Waals surface area (Å²) < 4.78 is 27.0. The molecule has 6 nitrogen and oxygen atoms in total. The Balaban J connectivity index is 2.00. The van der Waals surface area contributed by atoms with Crippen LogP contribution in [0.5, 0.6) is 0 Å². The number of likely N-dealkylation sites (tertiary alicyclic amines) is 1. The molecule has 1 heterocycles. The van der Waals surface area contributed by atoms with Gasteiger partial charge in [0.05, 0.1) is 6.42 Å². The number of hydrogen-bond donors (Lipinski definition) is 1. The average molecular weight is 368 g/mol. The predicted octanol–water partition coefficient (Wildman–Crippen LogP) is 1.82. The fourth-order valence-electron chi connectivity index (χ4n) is 3.24. The minimum Gasteiger partial charge on any atom is -0.480 e. The van der Waals surface area contributed by atoms with Crippen LogP contribution in [0.25, 0.3) is 0 Å². The van der Waals surface area contributed by atoms with Gasteiger partial charge in [-0.3, -0.25) is 14.4 Å². The van der Waals surface area contributed by atoms with E-state index < -0.39 is 17.6 Å². The van der Waals surface area contributed by atoms with Crippen LogP contribution in [0, 0.1) is 11.6 Å². The normalized spacial score (nSPS) is 17.5. The first kappa shape index (κ1) is 19.8. The summed E-state index contributed by atoms with van der Waals surface area (Å²) in [4.78, 5) is 38.0. The van der Waals surface area contributed by atoms with Gasteiger partial charge in [0.25, 0.3) is 0 Å². The van der Waals surface area contributed by atoms with Gasteiger partial charge in [0.1, 0.15) is 18.2 Å². The van der Waals surface area contributed by atoms with Gasteiger partial charge in [0.15, 0.2) is 0 Å². The second kappa shape index (κ2) is 8.73. The van der Waals surface area contributed by atoms with Crippen LogP contribution in [-0.4, -0.2) is 58.4 Å². The summed E-state index contributed by atoms with van der Waals surface area (Å²) in [7, 11) is 0. The van der Waals surface area contributed by atoms with Crippen molar-refractivity contribution in [2.24, 2.45) is 0 Å². The van der Waals surface area contributed by atoms with Crippen molar-refractivity contribution in [3.8, 4) is 0 Å². The quantitative estimate of drug-likeness (QED) is 0.860. The molecular formula is C18H22F2N2O4. The van der Waals surface area contributed by atoms with E-state index in [0.29, 0.717) is 32.4 Å². The molecule has 0 saturated carbocycles. The van der Waals surface area contributed by atoms with Gasteiger partial charge in [0.2, 0.25) is 11.8 Å². The Bertz CT molecular complexity index is 696. The van der Waals surface area contributed by atoms with E-state index in [9.17, 15) is 23.2 Å². The largest absolute Gasteiger partial charge is 0.480 e. The van der Waals surface area contributed by atoms with E-state index in [1.54, 1.807) is 4.90 Å². The minimum absolute atomic E-state index is 0.00652. The van der Waals surface area contributed by atoms with Crippen molar-refractivity contribution in [1.29, 1.82) is 0 Å². The Morgan fingerprint density at radius 3 is 2.62 bits per heavy atom. The lowest BCUT2D eigenvalue weighted by atomic mass is 10.1. The number of carboxylic acids is 1. The average Bonchev–Trinajstić information content (AvgIpc) is 2.81. The molecule has 142 valence electrons. The van der Waals surface area contributed by atoms with Gasteiger partial charge in [-0.05, 0) is 37.5 Å².